The molecule has 0 aromatic rings. The lowest BCUT2D eigenvalue weighted by molar-refractivity contribution is -0.228. The average Bonchev–Trinajstić information content (AvgIpc) is 3.37. The highest BCUT2D eigenvalue weighted by Crippen LogP contribution is 2.49. The van der Waals surface area contributed by atoms with Gasteiger partial charge in [0.05, 0.1) is 29.8 Å². The largest absolute Gasteiger partial charge is 0.393 e. The molecule has 3 heterocycles. The van der Waals surface area contributed by atoms with E-state index in [-0.39, 0.29) is 37.3 Å². The van der Waals surface area contributed by atoms with Crippen molar-refractivity contribution >= 4 is 17.5 Å². The smallest absolute Gasteiger partial charge is 0.233 e. The monoisotopic (exact) mass is 498 g/mol. The lowest BCUT2D eigenvalue weighted by Crippen LogP contribution is -2.54. The predicted molar refractivity (Wildman–Crippen MR) is 116 cm³/mol. The number of oxime groups is 1. The molecule has 2 amide bonds. The second kappa shape index (κ2) is 9.02. The number of ether oxygens (including phenoxy) is 3. The van der Waals surface area contributed by atoms with Crippen LogP contribution >= 0.6 is 0 Å². The van der Waals surface area contributed by atoms with E-state index in [1.54, 1.807) is 20.8 Å². The number of carbonyl (C=O) groups is 2. The average molecular weight is 499 g/mol. The number of imide groups is 1. The Balaban J connectivity index is 1.25. The van der Waals surface area contributed by atoms with E-state index in [0.29, 0.717) is 18.6 Å². The molecule has 3 saturated heterocycles. The fourth-order valence-corrected chi connectivity index (χ4v) is 6.48. The number of nitrogens with zero attached hydrogens (tertiary/aromatic N) is 2. The summed E-state index contributed by atoms with van der Waals surface area (Å²) in [5.74, 6) is -3.60. The maximum absolute atomic E-state index is 12.9. The lowest BCUT2D eigenvalue weighted by atomic mass is 9.60. The molecule has 5 aliphatic rings. The van der Waals surface area contributed by atoms with Crippen molar-refractivity contribution in [2.24, 2.45) is 28.8 Å². The Labute approximate surface area is 202 Å². The molecule has 2 saturated carbocycles. The summed E-state index contributed by atoms with van der Waals surface area (Å²) < 4.78 is 16.8. The van der Waals surface area contributed by atoms with Crippen LogP contribution in [0.25, 0.3) is 0 Å². The minimum absolute atomic E-state index is 0.0545. The molecule has 5 rings (SSSR count). The Morgan fingerprint density at radius 1 is 1.11 bits per heavy atom. The van der Waals surface area contributed by atoms with Crippen LogP contribution in [0.1, 0.15) is 40.0 Å². The van der Waals surface area contributed by atoms with Gasteiger partial charge in [0, 0.05) is 24.8 Å². The first kappa shape index (κ1) is 25.0. The number of carbonyl (C=O) groups excluding carboxylic acids is 2. The van der Waals surface area contributed by atoms with E-state index in [2.05, 4.69) is 5.16 Å². The Kier molecular flexibility index (Phi) is 6.44. The number of likely N-dealkylation sites (tertiary alicyclic amines) is 1. The summed E-state index contributed by atoms with van der Waals surface area (Å²) in [6, 6.07) is 0. The number of hydrogen-bond donors (Lipinski definition) is 4. The molecule has 2 aliphatic carbocycles. The van der Waals surface area contributed by atoms with Crippen LogP contribution in [0.2, 0.25) is 0 Å². The van der Waals surface area contributed by atoms with E-state index in [9.17, 15) is 30.0 Å². The van der Waals surface area contributed by atoms with Crippen molar-refractivity contribution in [3.8, 4) is 0 Å². The van der Waals surface area contributed by atoms with Gasteiger partial charge >= 0.3 is 0 Å². The summed E-state index contributed by atoms with van der Waals surface area (Å²) in [6.07, 6.45) is -6.12. The van der Waals surface area contributed by atoms with Gasteiger partial charge in [0.2, 0.25) is 11.8 Å². The standard InChI is InChI=1S/C23H34N2O10/c1-4-25-20(30)10-6-5-9-11(7-12(26)16(28)14(9)15(10)21(25)31)24-32-8-13(27)18-17(29)19-22(33-18)35-23(2,3)34-19/h9-10,12-19,22,26-29H,4-8H2,1-3H3/t9-,10+,12+,13+,14-,15-,16+,17+,18+,19-,22+/m0/s1. The number of hydrogen-bond acceptors (Lipinski definition) is 11. The number of rotatable bonds is 5. The van der Waals surface area contributed by atoms with E-state index in [0.717, 1.165) is 0 Å². The van der Waals surface area contributed by atoms with Crippen molar-refractivity contribution in [3.63, 3.8) is 0 Å². The molecule has 0 bridgehead atoms. The molecule has 3 aliphatic heterocycles. The van der Waals surface area contributed by atoms with E-state index in [4.69, 9.17) is 19.0 Å². The number of aliphatic hydroxyl groups is 4. The van der Waals surface area contributed by atoms with E-state index < -0.39 is 66.5 Å². The summed E-state index contributed by atoms with van der Waals surface area (Å²) in [4.78, 5) is 32.2. The third kappa shape index (κ3) is 4.08. The molecule has 12 heteroatoms. The van der Waals surface area contributed by atoms with E-state index in [1.807, 2.05) is 0 Å². The Morgan fingerprint density at radius 2 is 1.83 bits per heavy atom. The second-order valence-corrected chi connectivity index (χ2v) is 10.6. The molecule has 0 aromatic carbocycles. The van der Waals surface area contributed by atoms with Crippen molar-refractivity contribution in [1.82, 2.24) is 4.90 Å². The highest BCUT2D eigenvalue weighted by molar-refractivity contribution is 6.06. The quantitative estimate of drug-likeness (QED) is 0.265. The number of fused-ring (bicyclic) bond motifs is 4. The lowest BCUT2D eigenvalue weighted by Gasteiger charge is -2.45. The Bertz CT molecular complexity index is 896. The van der Waals surface area contributed by atoms with Crippen LogP contribution in [-0.2, 0) is 28.6 Å². The molecule has 0 spiro atoms. The van der Waals surface area contributed by atoms with Crippen molar-refractivity contribution in [2.45, 2.75) is 88.7 Å². The van der Waals surface area contributed by atoms with Gasteiger partial charge in [-0.3, -0.25) is 14.5 Å². The molecular formula is C23H34N2O10. The van der Waals surface area contributed by atoms with Gasteiger partial charge in [0.15, 0.2) is 12.1 Å². The fraction of sp³-hybridized carbons (Fsp3) is 0.870. The normalized spacial score (nSPS) is 46.5. The summed E-state index contributed by atoms with van der Waals surface area (Å²) in [5.41, 5.74) is 0.479. The van der Waals surface area contributed by atoms with Crippen molar-refractivity contribution < 1.29 is 49.1 Å². The summed E-state index contributed by atoms with van der Waals surface area (Å²) in [6.45, 7) is 5.12. The third-order valence-electron chi connectivity index (χ3n) is 8.05. The van der Waals surface area contributed by atoms with Gasteiger partial charge in [0.25, 0.3) is 0 Å². The second-order valence-electron chi connectivity index (χ2n) is 10.6. The molecule has 4 N–H and O–H groups in total. The van der Waals surface area contributed by atoms with Gasteiger partial charge < -0.3 is 39.5 Å². The van der Waals surface area contributed by atoms with Crippen LogP contribution in [0.4, 0.5) is 0 Å². The first-order valence-corrected chi connectivity index (χ1v) is 12.3. The van der Waals surface area contributed by atoms with Crippen LogP contribution in [-0.4, -0.2) is 105 Å². The van der Waals surface area contributed by atoms with Crippen molar-refractivity contribution in [1.29, 1.82) is 0 Å². The Hall–Kier alpha value is -1.67. The van der Waals surface area contributed by atoms with E-state index >= 15 is 0 Å². The zero-order chi connectivity index (χ0) is 25.2. The van der Waals surface area contributed by atoms with Gasteiger partial charge in [-0.25, -0.2) is 0 Å². The summed E-state index contributed by atoms with van der Waals surface area (Å²) in [5, 5.41) is 46.5. The topological polar surface area (TPSA) is 168 Å². The molecule has 0 radical (unpaired) electrons. The third-order valence-corrected chi connectivity index (χ3v) is 8.05. The molecule has 0 unspecified atom stereocenters. The maximum atomic E-state index is 12.9. The fourth-order valence-electron chi connectivity index (χ4n) is 6.48. The van der Waals surface area contributed by atoms with Gasteiger partial charge in [0.1, 0.15) is 31.0 Å². The molecule has 12 nitrogen and oxygen atoms in total. The van der Waals surface area contributed by atoms with Crippen molar-refractivity contribution in [2.75, 3.05) is 13.2 Å². The van der Waals surface area contributed by atoms with Gasteiger partial charge in [-0.2, -0.15) is 0 Å². The van der Waals surface area contributed by atoms with Crippen LogP contribution in [0.3, 0.4) is 0 Å². The van der Waals surface area contributed by atoms with Crippen molar-refractivity contribution in [3.05, 3.63) is 0 Å². The first-order valence-electron chi connectivity index (χ1n) is 12.3. The van der Waals surface area contributed by atoms with Crippen LogP contribution < -0.4 is 0 Å². The Morgan fingerprint density at radius 3 is 2.51 bits per heavy atom. The minimum Gasteiger partial charge on any atom is -0.393 e. The molecule has 0 aromatic heterocycles. The number of aliphatic hydroxyl groups excluding tert-OH is 4. The molecule has 5 fully saturated rings. The van der Waals surface area contributed by atoms with Gasteiger partial charge in [-0.1, -0.05) is 5.16 Å². The predicted octanol–water partition coefficient (Wildman–Crippen LogP) is -1.27. The zero-order valence-corrected chi connectivity index (χ0v) is 20.0. The zero-order valence-electron chi connectivity index (χ0n) is 20.0. The molecule has 196 valence electrons. The van der Waals surface area contributed by atoms with Crippen LogP contribution in [0.5, 0.6) is 0 Å². The highest BCUT2D eigenvalue weighted by Gasteiger charge is 2.60. The highest BCUT2D eigenvalue weighted by atomic mass is 16.8. The SMILES string of the molecule is CCN1C(=O)[C@@H]2[C@H]3[C@H](O)[C@H](O)CC(=NOC[C@@H](O)[C@H]4O[C@@H]5OC(C)(C)O[C@H]5[C@@H]4O)[C@@H]3CC[C@H]2C1=O. The maximum Gasteiger partial charge on any atom is 0.233 e. The summed E-state index contributed by atoms with van der Waals surface area (Å²) in [7, 11) is 0. The van der Waals surface area contributed by atoms with Crippen LogP contribution in [0, 0.1) is 23.7 Å². The van der Waals surface area contributed by atoms with Crippen LogP contribution in [0.15, 0.2) is 5.16 Å². The van der Waals surface area contributed by atoms with E-state index in [1.165, 1.54) is 4.90 Å². The minimum atomic E-state index is -1.23. The molecular weight excluding hydrogens is 464 g/mol. The first-order chi connectivity index (χ1) is 16.5. The van der Waals surface area contributed by atoms with Gasteiger partial charge in [-0.15, -0.1) is 0 Å². The molecule has 11 atom stereocenters. The molecule has 35 heavy (non-hydrogen) atoms. The summed E-state index contributed by atoms with van der Waals surface area (Å²) >= 11 is 0. The van der Waals surface area contributed by atoms with Gasteiger partial charge in [-0.05, 0) is 33.6 Å². The number of amides is 2.